The highest BCUT2D eigenvalue weighted by Crippen LogP contribution is 2.38. The zero-order chi connectivity index (χ0) is 17.8. The Morgan fingerprint density at radius 1 is 0.923 bits per heavy atom. The Bertz CT molecular complexity index is 913. The molecular formula is C21H17IN2OS. The van der Waals surface area contributed by atoms with Crippen molar-refractivity contribution >= 4 is 39.4 Å². The number of rotatable bonds is 5. The largest absolute Gasteiger partial charge is 0.489 e. The van der Waals surface area contributed by atoms with Crippen LogP contribution in [-0.2, 0) is 6.61 Å². The average molecular weight is 472 g/mol. The van der Waals surface area contributed by atoms with E-state index in [1.807, 2.05) is 36.4 Å². The maximum absolute atomic E-state index is 6.11. The van der Waals surface area contributed by atoms with Gasteiger partial charge in [0.15, 0.2) is 0 Å². The highest BCUT2D eigenvalue weighted by Gasteiger charge is 2.24. The fraction of sp³-hybridized carbons (Fsp3) is 0.0952. The van der Waals surface area contributed by atoms with Crippen LogP contribution in [0.5, 0.6) is 5.75 Å². The molecule has 1 N–H and O–H groups in total. The summed E-state index contributed by atoms with van der Waals surface area (Å²) in [5, 5.41) is 5.56. The molecule has 4 rings (SSSR count). The summed E-state index contributed by atoms with van der Waals surface area (Å²) >= 11 is 4.02. The third kappa shape index (κ3) is 4.04. The molecule has 0 saturated carbocycles. The number of para-hydroxylation sites is 1. The molecule has 1 aliphatic rings. The van der Waals surface area contributed by atoms with Crippen molar-refractivity contribution in [2.45, 2.75) is 12.0 Å². The second-order valence-electron chi connectivity index (χ2n) is 5.86. The Morgan fingerprint density at radius 3 is 2.46 bits per heavy atom. The molecule has 0 spiro atoms. The summed E-state index contributed by atoms with van der Waals surface area (Å²) in [6.45, 7) is 0.553. The molecule has 0 aliphatic carbocycles. The Labute approximate surface area is 171 Å². The normalized spacial score (nSPS) is 16.0. The molecule has 0 amide bonds. The number of hydrogen-bond acceptors (Lipinski definition) is 4. The highest BCUT2D eigenvalue weighted by atomic mass is 127. The molecule has 3 aromatic rings. The summed E-state index contributed by atoms with van der Waals surface area (Å²) in [5.74, 6) is 0.889. The molecule has 1 atom stereocenters. The molecule has 0 fully saturated rings. The third-order valence-corrected chi connectivity index (χ3v) is 5.91. The fourth-order valence-corrected chi connectivity index (χ4v) is 4.09. The fourth-order valence-electron chi connectivity index (χ4n) is 2.70. The zero-order valence-corrected chi connectivity index (χ0v) is 16.9. The molecule has 3 aromatic carbocycles. The van der Waals surface area contributed by atoms with Gasteiger partial charge in [0.1, 0.15) is 22.8 Å². The summed E-state index contributed by atoms with van der Waals surface area (Å²) < 4.78 is 7.34. The van der Waals surface area contributed by atoms with Gasteiger partial charge in [0, 0.05) is 14.7 Å². The van der Waals surface area contributed by atoms with Crippen LogP contribution in [0.15, 0.2) is 84.0 Å². The van der Waals surface area contributed by atoms with Crippen LogP contribution >= 0.6 is 34.4 Å². The lowest BCUT2D eigenvalue weighted by atomic mass is 10.2. The topological polar surface area (TPSA) is 33.6 Å². The smallest absolute Gasteiger partial charge is 0.126 e. The van der Waals surface area contributed by atoms with Gasteiger partial charge in [-0.15, -0.1) is 0 Å². The highest BCUT2D eigenvalue weighted by molar-refractivity contribution is 14.1. The standard InChI is InChI=1S/C21H17IN2OS/c22-17-12-10-15(11-13-17)14-25-19-9-5-4-8-18(19)21-24-23-20(26-21)16-6-2-1-3-7-16/h1-13,21,24H,14H2/t21-/m0/s1. The van der Waals surface area contributed by atoms with Crippen LogP contribution in [0.2, 0.25) is 0 Å². The molecule has 3 nitrogen and oxygen atoms in total. The van der Waals surface area contributed by atoms with E-state index < -0.39 is 0 Å². The summed E-state index contributed by atoms with van der Waals surface area (Å²) in [5.41, 5.74) is 6.64. The Kier molecular flexibility index (Phi) is 5.45. The van der Waals surface area contributed by atoms with Gasteiger partial charge in [-0.3, -0.25) is 5.43 Å². The van der Waals surface area contributed by atoms with Crippen LogP contribution in [0, 0.1) is 3.57 Å². The molecule has 0 radical (unpaired) electrons. The maximum Gasteiger partial charge on any atom is 0.126 e. The molecule has 1 heterocycles. The monoisotopic (exact) mass is 472 g/mol. The van der Waals surface area contributed by atoms with E-state index in [-0.39, 0.29) is 5.37 Å². The minimum absolute atomic E-state index is 0.0538. The van der Waals surface area contributed by atoms with Crippen LogP contribution in [-0.4, -0.2) is 5.04 Å². The first kappa shape index (κ1) is 17.4. The van der Waals surface area contributed by atoms with Crippen molar-refractivity contribution in [3.05, 3.63) is 99.1 Å². The number of nitrogens with one attached hydrogen (secondary N) is 1. The molecular weight excluding hydrogens is 455 g/mol. The van der Waals surface area contributed by atoms with Gasteiger partial charge in [-0.05, 0) is 46.4 Å². The Balaban J connectivity index is 1.47. The third-order valence-electron chi connectivity index (χ3n) is 4.04. The van der Waals surface area contributed by atoms with E-state index in [1.165, 1.54) is 3.57 Å². The van der Waals surface area contributed by atoms with Crippen molar-refractivity contribution in [3.63, 3.8) is 0 Å². The minimum atomic E-state index is 0.0538. The number of thioether (sulfide) groups is 1. The molecule has 130 valence electrons. The van der Waals surface area contributed by atoms with E-state index in [0.717, 1.165) is 27.5 Å². The van der Waals surface area contributed by atoms with Crippen molar-refractivity contribution in [2.75, 3.05) is 0 Å². The Morgan fingerprint density at radius 2 is 1.65 bits per heavy atom. The van der Waals surface area contributed by atoms with Crippen LogP contribution < -0.4 is 10.2 Å². The molecule has 0 aromatic heterocycles. The molecule has 1 aliphatic heterocycles. The lowest BCUT2D eigenvalue weighted by molar-refractivity contribution is 0.302. The van der Waals surface area contributed by atoms with E-state index in [9.17, 15) is 0 Å². The van der Waals surface area contributed by atoms with Gasteiger partial charge in [-0.25, -0.2) is 0 Å². The Hall–Kier alpha value is -1.99. The van der Waals surface area contributed by atoms with Crippen LogP contribution in [0.25, 0.3) is 0 Å². The van der Waals surface area contributed by atoms with E-state index in [1.54, 1.807) is 11.8 Å². The van der Waals surface area contributed by atoms with Gasteiger partial charge in [-0.2, -0.15) is 5.10 Å². The molecule has 0 bridgehead atoms. The number of hydrazone groups is 1. The average Bonchev–Trinajstić information content (AvgIpc) is 3.19. The summed E-state index contributed by atoms with van der Waals surface area (Å²) in [4.78, 5) is 0. The van der Waals surface area contributed by atoms with Crippen molar-refractivity contribution in [3.8, 4) is 5.75 Å². The second-order valence-corrected chi connectivity index (χ2v) is 8.20. The predicted octanol–water partition coefficient (Wildman–Crippen LogP) is 5.57. The van der Waals surface area contributed by atoms with E-state index in [2.05, 4.69) is 75.6 Å². The van der Waals surface area contributed by atoms with Crippen molar-refractivity contribution in [1.29, 1.82) is 0 Å². The lowest BCUT2D eigenvalue weighted by Crippen LogP contribution is -2.09. The van der Waals surface area contributed by atoms with Crippen molar-refractivity contribution in [2.24, 2.45) is 5.10 Å². The maximum atomic E-state index is 6.11. The summed E-state index contributed by atoms with van der Waals surface area (Å²) in [6.07, 6.45) is 0. The van der Waals surface area contributed by atoms with Gasteiger partial charge < -0.3 is 4.74 Å². The van der Waals surface area contributed by atoms with Gasteiger partial charge >= 0.3 is 0 Å². The first-order valence-corrected chi connectivity index (χ1v) is 10.3. The van der Waals surface area contributed by atoms with Crippen molar-refractivity contribution < 1.29 is 4.74 Å². The first-order chi connectivity index (χ1) is 12.8. The quantitative estimate of drug-likeness (QED) is 0.494. The van der Waals surface area contributed by atoms with Crippen LogP contribution in [0.3, 0.4) is 0 Å². The van der Waals surface area contributed by atoms with E-state index in [4.69, 9.17) is 4.74 Å². The number of halogens is 1. The number of ether oxygens (including phenoxy) is 1. The molecule has 0 unspecified atom stereocenters. The number of benzene rings is 3. The lowest BCUT2D eigenvalue weighted by Gasteiger charge is -2.15. The van der Waals surface area contributed by atoms with Crippen LogP contribution in [0.1, 0.15) is 22.1 Å². The SMILES string of the molecule is Ic1ccc(COc2ccccc2[C@H]2NN=C(c3ccccc3)S2)cc1. The summed E-state index contributed by atoms with van der Waals surface area (Å²) in [6, 6.07) is 26.8. The number of nitrogens with zero attached hydrogens (tertiary/aromatic N) is 1. The molecule has 0 saturated heterocycles. The van der Waals surface area contributed by atoms with Gasteiger partial charge in [0.2, 0.25) is 0 Å². The number of hydrogen-bond donors (Lipinski definition) is 1. The second kappa shape index (κ2) is 8.14. The van der Waals surface area contributed by atoms with Gasteiger partial charge in [-0.1, -0.05) is 72.4 Å². The van der Waals surface area contributed by atoms with E-state index in [0.29, 0.717) is 6.61 Å². The predicted molar refractivity (Wildman–Crippen MR) is 116 cm³/mol. The van der Waals surface area contributed by atoms with Gasteiger partial charge in [0.05, 0.1) is 0 Å². The first-order valence-electron chi connectivity index (χ1n) is 8.31. The van der Waals surface area contributed by atoms with Crippen molar-refractivity contribution in [1.82, 2.24) is 5.43 Å². The van der Waals surface area contributed by atoms with E-state index >= 15 is 0 Å². The minimum Gasteiger partial charge on any atom is -0.489 e. The molecule has 5 heteroatoms. The zero-order valence-electron chi connectivity index (χ0n) is 13.9. The molecule has 26 heavy (non-hydrogen) atoms. The van der Waals surface area contributed by atoms with Crippen LogP contribution in [0.4, 0.5) is 0 Å². The summed E-state index contributed by atoms with van der Waals surface area (Å²) in [7, 11) is 0. The van der Waals surface area contributed by atoms with Gasteiger partial charge in [0.25, 0.3) is 0 Å².